The van der Waals surface area contributed by atoms with Crippen molar-refractivity contribution in [1.82, 2.24) is 15.0 Å². The van der Waals surface area contributed by atoms with Crippen molar-refractivity contribution in [3.05, 3.63) is 47.5 Å². The third kappa shape index (κ3) is 4.76. The Labute approximate surface area is 178 Å². The quantitative estimate of drug-likeness (QED) is 0.557. The van der Waals surface area contributed by atoms with Crippen LogP contribution in [0.25, 0.3) is 11.0 Å². The minimum atomic E-state index is 0.104. The van der Waals surface area contributed by atoms with Gasteiger partial charge in [-0.05, 0) is 53.7 Å². The minimum Gasteiger partial charge on any atom is -0.368 e. The molecular formula is C21H25BrN6O. The highest BCUT2D eigenvalue weighted by Gasteiger charge is 2.31. The number of rotatable bonds is 3. The summed E-state index contributed by atoms with van der Waals surface area (Å²) in [5, 5.41) is 4.02. The lowest BCUT2D eigenvalue weighted by Gasteiger charge is -2.33. The third-order valence-electron chi connectivity index (χ3n) is 5.18. The Morgan fingerprint density at radius 1 is 1.24 bits per heavy atom. The number of nitrogens with one attached hydrogen (secondary N) is 2. The fourth-order valence-corrected chi connectivity index (χ4v) is 4.12. The van der Waals surface area contributed by atoms with Crippen molar-refractivity contribution in [2.45, 2.75) is 31.7 Å². The summed E-state index contributed by atoms with van der Waals surface area (Å²) in [7, 11) is 0. The van der Waals surface area contributed by atoms with E-state index in [1.165, 1.54) is 0 Å². The van der Waals surface area contributed by atoms with Gasteiger partial charge >= 0.3 is 0 Å². The van der Waals surface area contributed by atoms with Gasteiger partial charge in [0.15, 0.2) is 0 Å². The Hall–Kier alpha value is -2.45. The van der Waals surface area contributed by atoms with E-state index in [1.54, 1.807) is 18.6 Å². The van der Waals surface area contributed by atoms with Crippen LogP contribution in [0.5, 0.6) is 0 Å². The van der Waals surface area contributed by atoms with Crippen molar-refractivity contribution >= 4 is 44.2 Å². The Morgan fingerprint density at radius 2 is 2.03 bits per heavy atom. The maximum absolute atomic E-state index is 12.2. The molecule has 3 aromatic rings. The molecule has 0 spiro atoms. The van der Waals surface area contributed by atoms with Crippen molar-refractivity contribution in [2.24, 2.45) is 11.7 Å². The monoisotopic (exact) mass is 456 g/mol. The summed E-state index contributed by atoms with van der Waals surface area (Å²) < 4.78 is 0.931. The molecule has 152 valence electrons. The van der Waals surface area contributed by atoms with E-state index in [0.717, 1.165) is 65.7 Å². The second-order valence-corrected chi connectivity index (χ2v) is 8.37. The molecule has 4 heterocycles. The molecule has 0 unspecified atom stereocenters. The summed E-state index contributed by atoms with van der Waals surface area (Å²) in [5.74, 6) is 0.277. The molecule has 4 N–H and O–H groups in total. The average molecular weight is 457 g/mol. The van der Waals surface area contributed by atoms with Gasteiger partial charge in [-0.1, -0.05) is 6.07 Å². The van der Waals surface area contributed by atoms with Gasteiger partial charge in [0.1, 0.15) is 5.65 Å². The first kappa shape index (κ1) is 19.8. The van der Waals surface area contributed by atoms with E-state index in [1.807, 2.05) is 24.4 Å². The van der Waals surface area contributed by atoms with Crippen molar-refractivity contribution in [3.8, 4) is 0 Å². The lowest BCUT2D eigenvalue weighted by Crippen LogP contribution is -2.43. The summed E-state index contributed by atoms with van der Waals surface area (Å²) in [4.78, 5) is 25.8. The number of aromatic nitrogens is 3. The number of carbonyl (C=O) groups is 1. The molecule has 1 atom stereocenters. The third-order valence-corrected chi connectivity index (χ3v) is 5.76. The summed E-state index contributed by atoms with van der Waals surface area (Å²) in [5.41, 5.74) is 8.81. The van der Waals surface area contributed by atoms with E-state index in [0.29, 0.717) is 0 Å². The Bertz CT molecular complexity index is 945. The van der Waals surface area contributed by atoms with Crippen molar-refractivity contribution in [3.63, 3.8) is 0 Å². The van der Waals surface area contributed by atoms with Crippen LogP contribution >= 0.6 is 15.9 Å². The van der Waals surface area contributed by atoms with E-state index in [4.69, 9.17) is 5.73 Å². The van der Waals surface area contributed by atoms with E-state index in [-0.39, 0.29) is 17.9 Å². The first-order valence-corrected chi connectivity index (χ1v) is 10.7. The van der Waals surface area contributed by atoms with Gasteiger partial charge in [0.2, 0.25) is 5.91 Å². The molecule has 7 nitrogen and oxygen atoms in total. The van der Waals surface area contributed by atoms with Crippen molar-refractivity contribution in [2.75, 3.05) is 23.3 Å². The van der Waals surface area contributed by atoms with Gasteiger partial charge in [0, 0.05) is 49.8 Å². The predicted molar refractivity (Wildman–Crippen MR) is 119 cm³/mol. The maximum atomic E-state index is 12.2. The molecular weight excluding hydrogens is 432 g/mol. The summed E-state index contributed by atoms with van der Waals surface area (Å²) in [6.45, 7) is 1.78. The van der Waals surface area contributed by atoms with E-state index >= 15 is 0 Å². The zero-order chi connectivity index (χ0) is 20.2. The van der Waals surface area contributed by atoms with Gasteiger partial charge < -0.3 is 20.9 Å². The number of hydrogen-bond acceptors (Lipinski definition) is 5. The topological polar surface area (TPSA) is 99.9 Å². The molecule has 29 heavy (non-hydrogen) atoms. The smallest absolute Gasteiger partial charge is 0.227 e. The average Bonchev–Trinajstić information content (AvgIpc) is 3.52. The summed E-state index contributed by atoms with van der Waals surface area (Å²) in [6, 6.07) is 5.90. The van der Waals surface area contributed by atoms with Gasteiger partial charge in [-0.25, -0.2) is 4.98 Å². The number of hydrogen-bond donors (Lipinski definition) is 3. The molecule has 0 radical (unpaired) electrons. The molecule has 3 aromatic heterocycles. The zero-order valence-electron chi connectivity index (χ0n) is 16.1. The maximum Gasteiger partial charge on any atom is 0.227 e. The fourth-order valence-electron chi connectivity index (χ4n) is 3.57. The summed E-state index contributed by atoms with van der Waals surface area (Å²) in [6.07, 6.45) is 11.2. The molecule has 0 bridgehead atoms. The Balaban J connectivity index is 0.000000294. The first-order chi connectivity index (χ1) is 14.1. The van der Waals surface area contributed by atoms with Gasteiger partial charge in [-0.15, -0.1) is 0 Å². The highest BCUT2D eigenvalue weighted by molar-refractivity contribution is 9.10. The lowest BCUT2D eigenvalue weighted by atomic mass is 10.1. The van der Waals surface area contributed by atoms with Crippen LogP contribution in [-0.2, 0) is 4.79 Å². The fraction of sp³-hybridized carbons (Fsp3) is 0.381. The van der Waals surface area contributed by atoms with Crippen LogP contribution in [0, 0.1) is 5.92 Å². The number of fused-ring (bicyclic) bond motifs is 1. The highest BCUT2D eigenvalue weighted by atomic mass is 79.9. The number of amides is 1. The number of carbonyl (C=O) groups excluding carboxylic acids is 1. The number of piperidine rings is 1. The van der Waals surface area contributed by atoms with Crippen LogP contribution in [0.3, 0.4) is 0 Å². The number of H-pyrrole nitrogens is 1. The molecule has 1 aliphatic heterocycles. The van der Waals surface area contributed by atoms with Crippen LogP contribution in [0.2, 0.25) is 0 Å². The van der Waals surface area contributed by atoms with Crippen LogP contribution in [0.15, 0.2) is 47.5 Å². The molecule has 2 aliphatic rings. The first-order valence-electron chi connectivity index (χ1n) is 9.95. The highest BCUT2D eigenvalue weighted by Crippen LogP contribution is 2.39. The van der Waals surface area contributed by atoms with Crippen LogP contribution in [-0.4, -0.2) is 40.0 Å². The second kappa shape index (κ2) is 8.92. The number of nitrogens with two attached hydrogens (primary N) is 1. The van der Waals surface area contributed by atoms with Crippen LogP contribution in [0.4, 0.5) is 11.4 Å². The van der Waals surface area contributed by atoms with Gasteiger partial charge in [-0.2, -0.15) is 0 Å². The van der Waals surface area contributed by atoms with Crippen molar-refractivity contribution < 1.29 is 4.79 Å². The summed E-state index contributed by atoms with van der Waals surface area (Å²) >= 11 is 3.63. The molecule has 0 aromatic carbocycles. The standard InChI is InChI=1S/C16H20BrN5O.C5H5N/c17-11-6-19-15-13(14(11)22-5-1-2-10(18)8-22)12(7-20-15)21-16(23)9-3-4-9;1-2-4-6-5-3-1/h6-7,9-10H,1-5,8,18H2,(H,19,20)(H,21,23);1-5H/t10-;/m1./s1. The Morgan fingerprint density at radius 3 is 2.66 bits per heavy atom. The molecule has 8 heteroatoms. The normalized spacial score (nSPS) is 18.8. The SMILES string of the molecule is N[C@@H]1CCCN(c2c(Br)cnc3[nH]cc(NC(=O)C4CC4)c23)C1.c1ccncc1. The van der Waals surface area contributed by atoms with Crippen LogP contribution < -0.4 is 16.0 Å². The number of pyridine rings is 2. The largest absolute Gasteiger partial charge is 0.368 e. The van der Waals surface area contributed by atoms with E-state index < -0.39 is 0 Å². The molecule has 5 rings (SSSR count). The van der Waals surface area contributed by atoms with Crippen molar-refractivity contribution in [1.29, 1.82) is 0 Å². The molecule has 1 saturated carbocycles. The van der Waals surface area contributed by atoms with Gasteiger partial charge in [0.25, 0.3) is 0 Å². The number of aromatic amines is 1. The second-order valence-electron chi connectivity index (χ2n) is 7.52. The molecule has 1 aliphatic carbocycles. The Kier molecular flexibility index (Phi) is 6.10. The number of nitrogens with zero attached hydrogens (tertiary/aromatic N) is 3. The molecule has 2 fully saturated rings. The lowest BCUT2D eigenvalue weighted by molar-refractivity contribution is -0.117. The number of anilines is 2. The van der Waals surface area contributed by atoms with E-state index in [9.17, 15) is 4.79 Å². The molecule has 1 amide bonds. The minimum absolute atomic E-state index is 0.104. The zero-order valence-corrected chi connectivity index (χ0v) is 17.7. The predicted octanol–water partition coefficient (Wildman–Crippen LogP) is 3.68. The molecule has 1 saturated heterocycles. The van der Waals surface area contributed by atoms with Crippen LogP contribution in [0.1, 0.15) is 25.7 Å². The van der Waals surface area contributed by atoms with E-state index in [2.05, 4.69) is 41.1 Å². The number of halogens is 1. The van der Waals surface area contributed by atoms with Gasteiger partial charge in [-0.3, -0.25) is 9.78 Å². The van der Waals surface area contributed by atoms with Gasteiger partial charge in [0.05, 0.1) is 21.2 Å².